The monoisotopic (exact) mass is 290 g/mol. The minimum atomic E-state index is -1.17. The molecule has 0 N–H and O–H groups in total. The Morgan fingerprint density at radius 3 is 1.90 bits per heavy atom. The van der Waals surface area contributed by atoms with Gasteiger partial charge in [0, 0.05) is 29.3 Å². The summed E-state index contributed by atoms with van der Waals surface area (Å²) < 4.78 is 0. The minimum absolute atomic E-state index is 0.158. The summed E-state index contributed by atoms with van der Waals surface area (Å²) in [5.41, 5.74) is -0.684. The van der Waals surface area contributed by atoms with Crippen molar-refractivity contribution in [3.05, 3.63) is 23.3 Å². The highest BCUT2D eigenvalue weighted by molar-refractivity contribution is 6.21. The molecule has 0 saturated carbocycles. The fourth-order valence-electron chi connectivity index (χ4n) is 2.65. The van der Waals surface area contributed by atoms with Gasteiger partial charge in [-0.05, 0) is 34.6 Å². The van der Waals surface area contributed by atoms with Gasteiger partial charge in [-0.1, -0.05) is 0 Å². The molecular formula is C15H18N2O4. The Bertz CT molecular complexity index is 626. The first-order valence-electron chi connectivity index (χ1n) is 6.75. The van der Waals surface area contributed by atoms with Crippen molar-refractivity contribution in [3.8, 4) is 0 Å². The molecule has 0 atom stereocenters. The third-order valence-electron chi connectivity index (χ3n) is 3.79. The smallest absolute Gasteiger partial charge is 0.259 e. The Kier molecular flexibility index (Phi) is 3.35. The van der Waals surface area contributed by atoms with Crippen LogP contribution in [-0.4, -0.2) is 45.0 Å². The van der Waals surface area contributed by atoms with E-state index in [0.29, 0.717) is 5.57 Å². The lowest BCUT2D eigenvalue weighted by Crippen LogP contribution is -2.51. The van der Waals surface area contributed by atoms with Gasteiger partial charge in [0.15, 0.2) is 0 Å². The molecule has 0 unspecified atom stereocenters. The highest BCUT2D eigenvalue weighted by Crippen LogP contribution is 2.33. The maximum absolute atomic E-state index is 12.4. The average Bonchev–Trinajstić information content (AvgIpc) is 2.77. The standard InChI is InChI=1S/C15H18N2O4/c1-8(2)16-11(18)7-10(14(16)21)15(4,5)17-12(19)6-9(3)13(17)20/h6-8H,1-5H3. The number of carbonyl (C=O) groups excluding carboxylic acids is 4. The molecule has 6 heteroatoms. The van der Waals surface area contributed by atoms with Crippen LogP contribution in [0.2, 0.25) is 0 Å². The molecule has 0 fully saturated rings. The molecule has 0 aromatic rings. The third-order valence-corrected chi connectivity index (χ3v) is 3.79. The van der Waals surface area contributed by atoms with Crippen LogP contribution in [0.15, 0.2) is 23.3 Å². The van der Waals surface area contributed by atoms with Crippen molar-refractivity contribution < 1.29 is 19.2 Å². The second-order valence-corrected chi connectivity index (χ2v) is 6.03. The summed E-state index contributed by atoms with van der Waals surface area (Å²) in [6.45, 7) is 8.20. The number of carbonyl (C=O) groups is 4. The average molecular weight is 290 g/mol. The van der Waals surface area contributed by atoms with Crippen LogP contribution in [0.1, 0.15) is 34.6 Å². The van der Waals surface area contributed by atoms with E-state index in [1.165, 1.54) is 12.2 Å². The maximum atomic E-state index is 12.4. The first-order chi connectivity index (χ1) is 9.59. The molecule has 2 aliphatic heterocycles. The summed E-state index contributed by atoms with van der Waals surface area (Å²) in [5, 5.41) is 0. The van der Waals surface area contributed by atoms with Crippen LogP contribution in [0.25, 0.3) is 0 Å². The fourth-order valence-corrected chi connectivity index (χ4v) is 2.65. The fraction of sp³-hybridized carbons (Fsp3) is 0.467. The van der Waals surface area contributed by atoms with E-state index in [1.54, 1.807) is 34.6 Å². The first kappa shape index (κ1) is 15.2. The molecule has 0 aromatic heterocycles. The van der Waals surface area contributed by atoms with Gasteiger partial charge >= 0.3 is 0 Å². The second kappa shape index (κ2) is 4.65. The predicted octanol–water partition coefficient (Wildman–Crippen LogP) is 0.784. The molecule has 0 aromatic carbocycles. The van der Waals surface area contributed by atoms with E-state index >= 15 is 0 Å². The summed E-state index contributed by atoms with van der Waals surface area (Å²) >= 11 is 0. The van der Waals surface area contributed by atoms with Crippen LogP contribution in [0.5, 0.6) is 0 Å². The molecule has 112 valence electrons. The van der Waals surface area contributed by atoms with Crippen molar-refractivity contribution in [1.29, 1.82) is 0 Å². The molecule has 6 nitrogen and oxygen atoms in total. The van der Waals surface area contributed by atoms with Gasteiger partial charge < -0.3 is 0 Å². The molecule has 2 heterocycles. The van der Waals surface area contributed by atoms with Crippen LogP contribution >= 0.6 is 0 Å². The maximum Gasteiger partial charge on any atom is 0.259 e. The summed E-state index contributed by atoms with van der Waals surface area (Å²) in [4.78, 5) is 50.7. The molecule has 0 bridgehead atoms. The molecule has 0 aliphatic carbocycles. The second-order valence-electron chi connectivity index (χ2n) is 6.03. The van der Waals surface area contributed by atoms with E-state index in [4.69, 9.17) is 0 Å². The zero-order chi connectivity index (χ0) is 16.1. The number of amides is 4. The molecule has 4 amide bonds. The molecule has 0 spiro atoms. The summed E-state index contributed by atoms with van der Waals surface area (Å²) in [7, 11) is 0. The highest BCUT2D eigenvalue weighted by atomic mass is 16.2. The quantitative estimate of drug-likeness (QED) is 0.720. The number of nitrogens with zero attached hydrogens (tertiary/aromatic N) is 2. The molecular weight excluding hydrogens is 272 g/mol. The van der Waals surface area contributed by atoms with Crippen molar-refractivity contribution in [2.75, 3.05) is 0 Å². The highest BCUT2D eigenvalue weighted by Gasteiger charge is 2.48. The Labute approximate surface area is 123 Å². The van der Waals surface area contributed by atoms with Crippen LogP contribution in [0, 0.1) is 0 Å². The van der Waals surface area contributed by atoms with Gasteiger partial charge in [0.2, 0.25) is 0 Å². The Balaban J connectivity index is 2.40. The van der Waals surface area contributed by atoms with Gasteiger partial charge in [0.25, 0.3) is 23.6 Å². The summed E-state index contributed by atoms with van der Waals surface area (Å²) in [6.07, 6.45) is 2.46. The lowest BCUT2D eigenvalue weighted by Gasteiger charge is -2.35. The van der Waals surface area contributed by atoms with Crippen LogP contribution < -0.4 is 0 Å². The Morgan fingerprint density at radius 2 is 1.52 bits per heavy atom. The number of hydrogen-bond donors (Lipinski definition) is 0. The Hall–Kier alpha value is -2.24. The van der Waals surface area contributed by atoms with Crippen molar-refractivity contribution in [1.82, 2.24) is 9.80 Å². The normalized spacial score (nSPS) is 19.9. The lowest BCUT2D eigenvalue weighted by molar-refractivity contribution is -0.142. The van der Waals surface area contributed by atoms with Crippen molar-refractivity contribution in [3.63, 3.8) is 0 Å². The van der Waals surface area contributed by atoms with Gasteiger partial charge in [-0.15, -0.1) is 0 Å². The van der Waals surface area contributed by atoms with Gasteiger partial charge in [-0.2, -0.15) is 0 Å². The predicted molar refractivity (Wildman–Crippen MR) is 74.8 cm³/mol. The lowest BCUT2D eigenvalue weighted by atomic mass is 9.91. The summed E-state index contributed by atoms with van der Waals surface area (Å²) in [6, 6.07) is -0.278. The van der Waals surface area contributed by atoms with Crippen LogP contribution in [0.3, 0.4) is 0 Å². The topological polar surface area (TPSA) is 74.8 Å². The van der Waals surface area contributed by atoms with Gasteiger partial charge in [0.1, 0.15) is 0 Å². The van der Waals surface area contributed by atoms with Crippen LogP contribution in [-0.2, 0) is 19.2 Å². The third kappa shape index (κ3) is 2.11. The van der Waals surface area contributed by atoms with Gasteiger partial charge in [-0.3, -0.25) is 29.0 Å². The van der Waals surface area contributed by atoms with Gasteiger partial charge in [0.05, 0.1) is 5.54 Å². The molecule has 2 aliphatic rings. The number of imide groups is 2. The van der Waals surface area contributed by atoms with E-state index in [0.717, 1.165) is 9.80 Å². The SMILES string of the molecule is CC1=CC(=O)N(C(C)(C)C2=CC(=O)N(C(C)C)C2=O)C1=O. The molecule has 0 radical (unpaired) electrons. The van der Waals surface area contributed by atoms with E-state index in [9.17, 15) is 19.2 Å². The minimum Gasteiger partial charge on any atom is -0.273 e. The number of rotatable bonds is 3. The van der Waals surface area contributed by atoms with E-state index in [2.05, 4.69) is 0 Å². The first-order valence-corrected chi connectivity index (χ1v) is 6.75. The Morgan fingerprint density at radius 1 is 0.952 bits per heavy atom. The molecule has 21 heavy (non-hydrogen) atoms. The van der Waals surface area contributed by atoms with E-state index in [1.807, 2.05) is 0 Å². The van der Waals surface area contributed by atoms with Crippen LogP contribution in [0.4, 0.5) is 0 Å². The van der Waals surface area contributed by atoms with Crippen molar-refractivity contribution in [2.45, 2.75) is 46.2 Å². The molecule has 2 rings (SSSR count). The number of hydrogen-bond acceptors (Lipinski definition) is 4. The van der Waals surface area contributed by atoms with E-state index < -0.39 is 29.2 Å². The van der Waals surface area contributed by atoms with E-state index in [-0.39, 0.29) is 11.6 Å². The zero-order valence-electron chi connectivity index (χ0n) is 12.8. The zero-order valence-corrected chi connectivity index (χ0v) is 12.8. The van der Waals surface area contributed by atoms with Crippen molar-refractivity contribution >= 4 is 23.6 Å². The molecule has 0 saturated heterocycles. The van der Waals surface area contributed by atoms with Crippen molar-refractivity contribution in [2.24, 2.45) is 0 Å². The summed E-state index contributed by atoms with van der Waals surface area (Å²) in [5.74, 6) is -1.77. The van der Waals surface area contributed by atoms with Gasteiger partial charge in [-0.25, -0.2) is 0 Å². The largest absolute Gasteiger partial charge is 0.273 e.